The molecule has 83 heavy (non-hydrogen) atoms. The molecular weight excluding hydrogens is 997 g/mol. The molecule has 0 fully saturated rings. The van der Waals surface area contributed by atoms with E-state index in [-0.39, 0.29) is 35.1 Å². The lowest BCUT2D eigenvalue weighted by molar-refractivity contribution is 0.660. The fourth-order valence-electron chi connectivity index (χ4n) is 10.7. The van der Waals surface area contributed by atoms with Crippen molar-refractivity contribution in [2.24, 2.45) is 0 Å². The van der Waals surface area contributed by atoms with Crippen molar-refractivity contribution in [1.82, 2.24) is 0 Å². The van der Waals surface area contributed by atoms with Crippen LogP contribution in [0, 0.1) is 0 Å². The maximum atomic E-state index is 2.30. The Balaban J connectivity index is 0.000000181. The van der Waals surface area contributed by atoms with Crippen LogP contribution in [0.1, 0.15) is 82.4 Å². The molecule has 1 aliphatic carbocycles. The minimum atomic E-state index is 0. The SMILES string of the molecule is C.C.C.C.CC.CC.CC1(C)c2ccccc2-c2ccccc21.c1cc2ccc3cccc4ccc(c1)c2c34.c1ccc2c(c1)ccc1ccccc12.c1ccc2cc3ccccc3cc2c1.c1ccc2ccccc2c1.c1ccccc1. The summed E-state index contributed by atoms with van der Waals surface area (Å²) in [6.07, 6.45) is 0. The average Bonchev–Trinajstić information content (AvgIpc) is 3.31. The van der Waals surface area contributed by atoms with Crippen molar-refractivity contribution in [3.8, 4) is 11.1 Å². The molecule has 1 aliphatic rings. The second-order valence-corrected chi connectivity index (χ2v) is 19.6. The van der Waals surface area contributed by atoms with Gasteiger partial charge in [-0.2, -0.15) is 0 Å². The summed E-state index contributed by atoms with van der Waals surface area (Å²) in [5.41, 5.74) is 5.86. The van der Waals surface area contributed by atoms with Gasteiger partial charge < -0.3 is 0 Å². The van der Waals surface area contributed by atoms with Crippen LogP contribution in [-0.4, -0.2) is 0 Å². The first-order valence-electron chi connectivity index (χ1n) is 28.0. The molecule has 0 aromatic heterocycles. The van der Waals surface area contributed by atoms with Crippen LogP contribution >= 0.6 is 0 Å². The van der Waals surface area contributed by atoms with E-state index >= 15 is 0 Å². The lowest BCUT2D eigenvalue weighted by Crippen LogP contribution is -2.14. The Bertz CT molecular complexity index is 3890. The number of rotatable bonds is 0. The van der Waals surface area contributed by atoms with E-state index < -0.39 is 0 Å². The van der Waals surface area contributed by atoms with E-state index in [9.17, 15) is 0 Å². The quantitative estimate of drug-likeness (QED) is 0.105. The van der Waals surface area contributed by atoms with Crippen molar-refractivity contribution < 1.29 is 0 Å². The summed E-state index contributed by atoms with van der Waals surface area (Å²) in [5.74, 6) is 0. The van der Waals surface area contributed by atoms with Gasteiger partial charge in [-0.05, 0) is 121 Å². The van der Waals surface area contributed by atoms with Crippen LogP contribution in [0.15, 0.2) is 315 Å². The van der Waals surface area contributed by atoms with Gasteiger partial charge in [-0.3, -0.25) is 0 Å². The molecule has 0 spiro atoms. The van der Waals surface area contributed by atoms with E-state index in [0.717, 1.165) is 0 Å². The predicted octanol–water partition coefficient (Wildman–Crippen LogP) is 25.7. The Morgan fingerprint density at radius 2 is 0.410 bits per heavy atom. The van der Waals surface area contributed by atoms with Crippen molar-refractivity contribution >= 4 is 86.2 Å². The van der Waals surface area contributed by atoms with Gasteiger partial charge in [-0.15, -0.1) is 0 Å². The predicted molar refractivity (Wildman–Crippen MR) is 377 cm³/mol. The summed E-state index contributed by atoms with van der Waals surface area (Å²) in [5, 5.41) is 21.3. The highest BCUT2D eigenvalue weighted by molar-refractivity contribution is 6.22. The summed E-state index contributed by atoms with van der Waals surface area (Å²) < 4.78 is 0. The molecule has 418 valence electrons. The molecule has 0 radical (unpaired) electrons. The highest BCUT2D eigenvalue weighted by Crippen LogP contribution is 2.48. The number of hydrogen-bond acceptors (Lipinski definition) is 0. The van der Waals surface area contributed by atoms with Crippen molar-refractivity contribution in [3.63, 3.8) is 0 Å². The molecule has 0 heterocycles. The molecule has 15 aromatic carbocycles. The molecule has 0 N–H and O–H groups in total. The lowest BCUT2D eigenvalue weighted by Gasteiger charge is -2.20. The molecule has 16 rings (SSSR count). The maximum Gasteiger partial charge on any atom is 0.0158 e. The number of hydrogen-bond donors (Lipinski definition) is 0. The molecule has 0 unspecified atom stereocenters. The Morgan fingerprint density at radius 1 is 0.193 bits per heavy atom. The zero-order valence-electron chi connectivity index (χ0n) is 46.5. The van der Waals surface area contributed by atoms with Gasteiger partial charge in [0.1, 0.15) is 0 Å². The second-order valence-electron chi connectivity index (χ2n) is 19.6. The van der Waals surface area contributed by atoms with Crippen LogP contribution in [-0.2, 0) is 5.41 Å². The van der Waals surface area contributed by atoms with Crippen LogP contribution in [0.2, 0.25) is 0 Å². The summed E-state index contributed by atoms with van der Waals surface area (Å²) >= 11 is 0. The molecule has 0 heteroatoms. The molecule has 0 saturated heterocycles. The van der Waals surface area contributed by atoms with Gasteiger partial charge in [0, 0.05) is 5.41 Å². The fraction of sp³-hybridized carbons (Fsp3) is 0.133. The lowest BCUT2D eigenvalue weighted by atomic mass is 9.82. The van der Waals surface area contributed by atoms with Gasteiger partial charge in [0.2, 0.25) is 0 Å². The largest absolute Gasteiger partial charge is 0.0776 e. The van der Waals surface area contributed by atoms with E-state index in [1.165, 1.54) is 108 Å². The van der Waals surface area contributed by atoms with Crippen molar-refractivity contribution in [2.45, 2.75) is 76.7 Å². The standard InChI is InChI=1S/C16H10.C15H14.2C14H10.C10H8.C6H6.2C2H6.4CH4/c1-3-11-7-9-13-5-2-6-14-10-8-12(4-1)15(11)16(13)14;1-15(2)13-9-5-3-7-11(13)12-8-4-6-10-14(12)15;1-3-7-13-11(5-1)9-10-12-6-2-4-8-14(12)13;1-2-6-12-10-14-8-4-3-7-13(14)9-11(12)5-1;1-2-6-10-8-4-3-7-9(10)5-1;1-2-4-6-5-3-1;2*1-2;;;;/h1-10H;3-10H,1-2H3;2*1-10H;1-8H;1-6H;2*1-2H3;4*1H4. The van der Waals surface area contributed by atoms with E-state index in [1.807, 2.05) is 64.1 Å². The van der Waals surface area contributed by atoms with Gasteiger partial charge in [0.05, 0.1) is 0 Å². The second kappa shape index (κ2) is 31.6. The third-order valence-corrected chi connectivity index (χ3v) is 14.5. The van der Waals surface area contributed by atoms with E-state index in [1.54, 1.807) is 0 Å². The molecule has 0 amide bonds. The maximum absolute atomic E-state index is 2.30. The van der Waals surface area contributed by atoms with Crippen LogP contribution in [0.25, 0.3) is 97.3 Å². The monoisotopic (exact) mass is 1080 g/mol. The first kappa shape index (κ1) is 64.5. The Labute approximate surface area is 497 Å². The molecule has 0 bridgehead atoms. The number of fused-ring (bicyclic) bond motifs is 9. The van der Waals surface area contributed by atoms with Crippen LogP contribution in [0.3, 0.4) is 0 Å². The van der Waals surface area contributed by atoms with Crippen LogP contribution in [0.4, 0.5) is 0 Å². The summed E-state index contributed by atoms with van der Waals surface area (Å²) in [6.45, 7) is 12.6. The van der Waals surface area contributed by atoms with Crippen molar-refractivity contribution in [3.05, 3.63) is 327 Å². The summed E-state index contributed by atoms with van der Waals surface area (Å²) in [6, 6.07) is 111. The zero-order valence-corrected chi connectivity index (χ0v) is 46.5. The van der Waals surface area contributed by atoms with E-state index in [4.69, 9.17) is 0 Å². The number of benzene rings is 15. The van der Waals surface area contributed by atoms with Gasteiger partial charge in [-0.1, -0.05) is 375 Å². The van der Waals surface area contributed by atoms with Crippen LogP contribution < -0.4 is 0 Å². The molecule has 0 nitrogen and oxygen atoms in total. The van der Waals surface area contributed by atoms with Gasteiger partial charge in [0.25, 0.3) is 0 Å². The minimum Gasteiger partial charge on any atom is -0.0776 e. The first-order chi connectivity index (χ1) is 39.0. The molecule has 0 atom stereocenters. The Kier molecular flexibility index (Phi) is 24.5. The normalized spacial score (nSPS) is 10.7. The van der Waals surface area contributed by atoms with Gasteiger partial charge in [0.15, 0.2) is 0 Å². The average molecular weight is 1080 g/mol. The molecule has 0 saturated carbocycles. The zero-order chi connectivity index (χ0) is 54.8. The van der Waals surface area contributed by atoms with E-state index in [2.05, 4.69) is 293 Å². The third-order valence-electron chi connectivity index (χ3n) is 14.5. The van der Waals surface area contributed by atoms with Gasteiger partial charge >= 0.3 is 0 Å². The third kappa shape index (κ3) is 15.0. The minimum absolute atomic E-state index is 0. The molecular formula is C83H86. The van der Waals surface area contributed by atoms with Gasteiger partial charge in [-0.25, -0.2) is 0 Å². The Hall–Kier alpha value is -9.36. The highest BCUT2D eigenvalue weighted by Gasteiger charge is 2.34. The first-order valence-corrected chi connectivity index (χ1v) is 28.0. The smallest absolute Gasteiger partial charge is 0.0158 e. The van der Waals surface area contributed by atoms with E-state index in [0.29, 0.717) is 0 Å². The summed E-state index contributed by atoms with van der Waals surface area (Å²) in [4.78, 5) is 0. The van der Waals surface area contributed by atoms with Crippen molar-refractivity contribution in [2.75, 3.05) is 0 Å². The molecule has 15 aromatic rings. The Morgan fingerprint density at radius 3 is 0.711 bits per heavy atom. The fourth-order valence-corrected chi connectivity index (χ4v) is 10.7. The molecule has 0 aliphatic heterocycles. The van der Waals surface area contributed by atoms with Crippen LogP contribution in [0.5, 0.6) is 0 Å². The highest BCUT2D eigenvalue weighted by atomic mass is 14.4. The summed E-state index contributed by atoms with van der Waals surface area (Å²) in [7, 11) is 0. The van der Waals surface area contributed by atoms with Crippen molar-refractivity contribution in [1.29, 1.82) is 0 Å². The topological polar surface area (TPSA) is 0 Å².